The van der Waals surface area contributed by atoms with Gasteiger partial charge >= 0.3 is 5.97 Å². The summed E-state index contributed by atoms with van der Waals surface area (Å²) in [5.41, 5.74) is 0.669. The van der Waals surface area contributed by atoms with Gasteiger partial charge in [-0.15, -0.1) is 0 Å². The van der Waals surface area contributed by atoms with Gasteiger partial charge in [0.25, 0.3) is 0 Å². The number of anilines is 1. The van der Waals surface area contributed by atoms with Gasteiger partial charge in [-0.05, 0) is 18.2 Å². The van der Waals surface area contributed by atoms with E-state index in [0.29, 0.717) is 10.7 Å². The van der Waals surface area contributed by atoms with E-state index in [1.54, 1.807) is 24.3 Å². The molecule has 1 aromatic carbocycles. The summed E-state index contributed by atoms with van der Waals surface area (Å²) < 4.78 is 4.48. The minimum absolute atomic E-state index is 0.00313. The number of benzene rings is 1. The first-order chi connectivity index (χ1) is 6.63. The topological polar surface area (TPSA) is 55.6 Å². The molecule has 0 heterocycles. The fourth-order valence-electron chi connectivity index (χ4n) is 0.950. The number of halogens is 1. The maximum Gasteiger partial charge on any atom is 0.326 e. The van der Waals surface area contributed by atoms with E-state index >= 15 is 0 Å². The molecule has 0 unspecified atom stereocenters. The highest BCUT2D eigenvalue weighted by Crippen LogP contribution is 2.16. The van der Waals surface area contributed by atoms with Crippen molar-refractivity contribution >= 4 is 23.3 Å². The number of ether oxygens (including phenoxy) is 1. The van der Waals surface area contributed by atoms with E-state index in [0.717, 1.165) is 0 Å². The molecule has 0 saturated heterocycles. The maximum atomic E-state index is 10.9. The van der Waals surface area contributed by atoms with Crippen molar-refractivity contribution in [2.45, 2.75) is 0 Å². The van der Waals surface area contributed by atoms with E-state index in [-0.39, 0.29) is 6.54 Å². The van der Waals surface area contributed by atoms with Gasteiger partial charge in [-0.2, -0.15) is 0 Å². The Bertz CT molecular complexity index is 330. The third kappa shape index (κ3) is 2.90. The molecule has 0 atom stereocenters. The molecule has 0 aliphatic carbocycles. The van der Waals surface area contributed by atoms with Crippen LogP contribution < -0.4 is 10.9 Å². The van der Waals surface area contributed by atoms with E-state index in [1.807, 2.05) is 0 Å². The summed E-state index contributed by atoms with van der Waals surface area (Å²) in [4.78, 5) is 10.9. The summed E-state index contributed by atoms with van der Waals surface area (Å²) >= 11 is 5.76. The van der Waals surface area contributed by atoms with E-state index < -0.39 is 5.97 Å². The standard InChI is InChI=1S/C9H11ClN2O2/c1-14-9(13)6-12(11)8-4-2-3-7(10)5-8/h2-5H,6,11H2,1H3. The quantitative estimate of drug-likeness (QED) is 0.467. The van der Waals surface area contributed by atoms with Crippen molar-refractivity contribution in [3.63, 3.8) is 0 Å². The van der Waals surface area contributed by atoms with Gasteiger partial charge in [-0.1, -0.05) is 17.7 Å². The van der Waals surface area contributed by atoms with Crippen LogP contribution >= 0.6 is 11.6 Å². The zero-order chi connectivity index (χ0) is 10.6. The largest absolute Gasteiger partial charge is 0.468 e. The lowest BCUT2D eigenvalue weighted by Gasteiger charge is -2.16. The van der Waals surface area contributed by atoms with Crippen LogP contribution in [0.1, 0.15) is 0 Å². The third-order valence-corrected chi connectivity index (χ3v) is 1.90. The summed E-state index contributed by atoms with van der Waals surface area (Å²) in [6.45, 7) is -0.00313. The second kappa shape index (κ2) is 4.83. The molecule has 2 N–H and O–H groups in total. The van der Waals surface area contributed by atoms with Gasteiger partial charge in [0.05, 0.1) is 12.8 Å². The summed E-state index contributed by atoms with van der Waals surface area (Å²) in [6.07, 6.45) is 0. The Morgan fingerprint density at radius 2 is 2.36 bits per heavy atom. The maximum absolute atomic E-state index is 10.9. The Labute approximate surface area is 87.2 Å². The molecule has 0 amide bonds. The lowest BCUT2D eigenvalue weighted by Crippen LogP contribution is -2.36. The smallest absolute Gasteiger partial charge is 0.326 e. The fourth-order valence-corrected chi connectivity index (χ4v) is 1.13. The lowest BCUT2D eigenvalue weighted by molar-refractivity contribution is -0.138. The summed E-state index contributed by atoms with van der Waals surface area (Å²) in [5.74, 6) is 5.22. The molecule has 4 nitrogen and oxygen atoms in total. The van der Waals surface area contributed by atoms with Crippen molar-refractivity contribution in [3.8, 4) is 0 Å². The Kier molecular flexibility index (Phi) is 3.73. The zero-order valence-corrected chi connectivity index (χ0v) is 8.49. The Morgan fingerprint density at radius 1 is 1.64 bits per heavy atom. The molecule has 0 aliphatic rings. The molecular formula is C9H11ClN2O2. The number of carbonyl (C=O) groups is 1. The molecule has 5 heteroatoms. The fraction of sp³-hybridized carbons (Fsp3) is 0.222. The first-order valence-corrected chi connectivity index (χ1v) is 4.36. The molecule has 0 aromatic heterocycles. The van der Waals surface area contributed by atoms with Crippen LogP contribution in [-0.4, -0.2) is 19.6 Å². The Morgan fingerprint density at radius 3 is 2.93 bits per heavy atom. The highest BCUT2D eigenvalue weighted by atomic mass is 35.5. The van der Waals surface area contributed by atoms with Gasteiger partial charge in [0, 0.05) is 5.02 Å². The van der Waals surface area contributed by atoms with Gasteiger partial charge in [0.2, 0.25) is 0 Å². The van der Waals surface area contributed by atoms with Crippen LogP contribution in [0.15, 0.2) is 24.3 Å². The molecule has 0 spiro atoms. The molecule has 0 saturated carbocycles. The predicted octanol–water partition coefficient (Wildman–Crippen LogP) is 1.19. The highest BCUT2D eigenvalue weighted by molar-refractivity contribution is 6.30. The number of rotatable bonds is 3. The Balaban J connectivity index is 2.69. The van der Waals surface area contributed by atoms with Gasteiger partial charge in [-0.3, -0.25) is 9.80 Å². The van der Waals surface area contributed by atoms with Crippen LogP contribution in [-0.2, 0) is 9.53 Å². The third-order valence-electron chi connectivity index (χ3n) is 1.67. The van der Waals surface area contributed by atoms with Crippen molar-refractivity contribution in [1.29, 1.82) is 0 Å². The number of hydrogen-bond acceptors (Lipinski definition) is 4. The number of hydrazine groups is 1. The lowest BCUT2D eigenvalue weighted by atomic mass is 10.3. The number of hydrogen-bond donors (Lipinski definition) is 1. The van der Waals surface area contributed by atoms with Crippen molar-refractivity contribution in [2.75, 3.05) is 18.7 Å². The van der Waals surface area contributed by atoms with Crippen LogP contribution in [0.4, 0.5) is 5.69 Å². The van der Waals surface area contributed by atoms with Crippen LogP contribution in [0.2, 0.25) is 5.02 Å². The summed E-state index contributed by atoms with van der Waals surface area (Å²) in [6, 6.07) is 6.92. The second-order valence-electron chi connectivity index (χ2n) is 2.68. The van der Waals surface area contributed by atoms with Crippen molar-refractivity contribution in [3.05, 3.63) is 29.3 Å². The predicted molar refractivity (Wildman–Crippen MR) is 55.0 cm³/mol. The van der Waals surface area contributed by atoms with E-state index in [9.17, 15) is 4.79 Å². The average Bonchev–Trinajstić information content (AvgIpc) is 2.17. The molecule has 0 bridgehead atoms. The second-order valence-corrected chi connectivity index (χ2v) is 3.12. The number of nitrogens with two attached hydrogens (primary N) is 1. The summed E-state index contributed by atoms with van der Waals surface area (Å²) in [5, 5.41) is 1.85. The molecule has 1 aromatic rings. The number of carbonyl (C=O) groups excluding carboxylic acids is 1. The van der Waals surface area contributed by atoms with Gasteiger partial charge in [-0.25, -0.2) is 5.84 Å². The highest BCUT2D eigenvalue weighted by Gasteiger charge is 2.07. The van der Waals surface area contributed by atoms with E-state index in [4.69, 9.17) is 17.4 Å². The molecule has 76 valence electrons. The molecule has 0 fully saturated rings. The average molecular weight is 215 g/mol. The SMILES string of the molecule is COC(=O)CN(N)c1cccc(Cl)c1. The van der Waals surface area contributed by atoms with E-state index in [1.165, 1.54) is 12.1 Å². The van der Waals surface area contributed by atoms with Crippen LogP contribution in [0.3, 0.4) is 0 Å². The normalized spacial score (nSPS) is 9.64. The monoisotopic (exact) mass is 214 g/mol. The van der Waals surface area contributed by atoms with Gasteiger partial charge in [0.15, 0.2) is 0 Å². The van der Waals surface area contributed by atoms with Gasteiger partial charge in [0.1, 0.15) is 6.54 Å². The van der Waals surface area contributed by atoms with Crippen molar-refractivity contribution in [2.24, 2.45) is 5.84 Å². The molecule has 14 heavy (non-hydrogen) atoms. The number of nitrogens with zero attached hydrogens (tertiary/aromatic N) is 1. The van der Waals surface area contributed by atoms with Crippen LogP contribution in [0, 0.1) is 0 Å². The summed E-state index contributed by atoms with van der Waals surface area (Å²) in [7, 11) is 1.31. The first kappa shape index (κ1) is 10.8. The number of methoxy groups -OCH3 is 1. The first-order valence-electron chi connectivity index (χ1n) is 3.98. The molecular weight excluding hydrogens is 204 g/mol. The minimum atomic E-state index is -0.396. The molecule has 0 radical (unpaired) electrons. The zero-order valence-electron chi connectivity index (χ0n) is 7.74. The van der Waals surface area contributed by atoms with Crippen molar-refractivity contribution in [1.82, 2.24) is 0 Å². The van der Waals surface area contributed by atoms with Gasteiger partial charge < -0.3 is 4.74 Å². The van der Waals surface area contributed by atoms with Crippen LogP contribution in [0.5, 0.6) is 0 Å². The molecule has 1 rings (SSSR count). The van der Waals surface area contributed by atoms with Crippen molar-refractivity contribution < 1.29 is 9.53 Å². The Hall–Kier alpha value is -1.26. The number of esters is 1. The molecule has 0 aliphatic heterocycles. The van der Waals surface area contributed by atoms with E-state index in [2.05, 4.69) is 4.74 Å². The minimum Gasteiger partial charge on any atom is -0.468 e. The van der Waals surface area contributed by atoms with Crippen LogP contribution in [0.25, 0.3) is 0 Å².